The summed E-state index contributed by atoms with van der Waals surface area (Å²) in [6.07, 6.45) is 6.75. The van der Waals surface area contributed by atoms with Crippen LogP contribution in [0.4, 0.5) is 0 Å². The van der Waals surface area contributed by atoms with Crippen molar-refractivity contribution in [2.24, 2.45) is 17.1 Å². The number of allylic oxidation sites excluding steroid dienone is 2. The minimum atomic E-state index is -1.17. The molecule has 0 bridgehead atoms. The largest absolute Gasteiger partial charge is 0.481 e. The Morgan fingerprint density at radius 3 is 2.67 bits per heavy atom. The van der Waals surface area contributed by atoms with Gasteiger partial charge in [0.2, 0.25) is 11.8 Å². The van der Waals surface area contributed by atoms with Gasteiger partial charge in [0, 0.05) is 5.41 Å². The van der Waals surface area contributed by atoms with E-state index in [1.807, 2.05) is 6.92 Å². The molecule has 0 heterocycles. The average Bonchev–Trinajstić information content (AvgIpc) is 2.38. The van der Waals surface area contributed by atoms with Crippen molar-refractivity contribution in [2.75, 3.05) is 0 Å². The van der Waals surface area contributed by atoms with E-state index in [-0.39, 0.29) is 5.91 Å². The predicted octanol–water partition coefficient (Wildman–Crippen LogP) is 1.20. The Bertz CT molecular complexity index is 447. The number of nitrogens with one attached hydrogen (secondary N) is 1. The zero-order valence-corrected chi connectivity index (χ0v) is 12.6. The maximum Gasteiger partial charge on any atom is 0.305 e. The molecular formula is C15H24N2O4. The lowest BCUT2D eigenvalue weighted by atomic mass is 9.76. The first-order chi connectivity index (χ1) is 9.74. The third-order valence-electron chi connectivity index (χ3n) is 4.05. The zero-order valence-electron chi connectivity index (χ0n) is 12.6. The van der Waals surface area contributed by atoms with Crippen molar-refractivity contribution >= 4 is 17.8 Å². The minimum absolute atomic E-state index is 0.296. The molecule has 0 radical (unpaired) electrons. The van der Waals surface area contributed by atoms with Crippen molar-refractivity contribution in [3.8, 4) is 0 Å². The van der Waals surface area contributed by atoms with Crippen LogP contribution in [0.1, 0.15) is 46.0 Å². The molecule has 2 amide bonds. The van der Waals surface area contributed by atoms with Gasteiger partial charge in [-0.3, -0.25) is 14.4 Å². The van der Waals surface area contributed by atoms with Crippen molar-refractivity contribution in [1.29, 1.82) is 0 Å². The Morgan fingerprint density at radius 1 is 1.43 bits per heavy atom. The molecule has 0 fully saturated rings. The number of hydrogen-bond donors (Lipinski definition) is 3. The van der Waals surface area contributed by atoms with Crippen LogP contribution < -0.4 is 11.1 Å². The summed E-state index contributed by atoms with van der Waals surface area (Å²) in [6.45, 7) is 3.95. The van der Waals surface area contributed by atoms with Crippen LogP contribution in [-0.4, -0.2) is 28.9 Å². The van der Waals surface area contributed by atoms with E-state index in [2.05, 4.69) is 24.4 Å². The molecule has 1 rings (SSSR count). The lowest BCUT2D eigenvalue weighted by molar-refractivity contribution is -0.141. The predicted molar refractivity (Wildman–Crippen MR) is 78.3 cm³/mol. The molecule has 6 heteroatoms. The topological polar surface area (TPSA) is 109 Å². The first-order valence-corrected chi connectivity index (χ1v) is 7.23. The van der Waals surface area contributed by atoms with Crippen LogP contribution in [-0.2, 0) is 14.4 Å². The van der Waals surface area contributed by atoms with Gasteiger partial charge in [-0.05, 0) is 31.6 Å². The number of carboxylic acids is 1. The number of nitrogens with two attached hydrogens (primary N) is 1. The lowest BCUT2D eigenvalue weighted by Crippen LogP contribution is -2.50. The molecule has 0 saturated carbocycles. The number of rotatable bonds is 5. The summed E-state index contributed by atoms with van der Waals surface area (Å²) >= 11 is 0. The molecule has 3 atom stereocenters. The third-order valence-corrected chi connectivity index (χ3v) is 4.05. The SMILES string of the molecule is CC1/C=C/CCC(C)(C(=O)NC(CC(=O)O)C(N)=O)CC1. The maximum absolute atomic E-state index is 12.5. The minimum Gasteiger partial charge on any atom is -0.481 e. The van der Waals surface area contributed by atoms with Gasteiger partial charge in [-0.15, -0.1) is 0 Å². The summed E-state index contributed by atoms with van der Waals surface area (Å²) in [5.74, 6) is -1.88. The van der Waals surface area contributed by atoms with Crippen molar-refractivity contribution in [3.63, 3.8) is 0 Å². The fourth-order valence-electron chi connectivity index (χ4n) is 2.45. The number of amides is 2. The van der Waals surface area contributed by atoms with Gasteiger partial charge in [-0.2, -0.15) is 0 Å². The van der Waals surface area contributed by atoms with Crippen LogP contribution in [0.2, 0.25) is 0 Å². The molecule has 0 spiro atoms. The molecule has 0 saturated heterocycles. The third kappa shape index (κ3) is 5.21. The highest BCUT2D eigenvalue weighted by molar-refractivity contribution is 5.91. The van der Waals surface area contributed by atoms with Crippen molar-refractivity contribution in [2.45, 2.75) is 52.0 Å². The number of carboxylic acid groups (broad SMARTS) is 1. The molecule has 3 unspecified atom stereocenters. The van der Waals surface area contributed by atoms with Gasteiger partial charge in [0.05, 0.1) is 6.42 Å². The van der Waals surface area contributed by atoms with Gasteiger partial charge in [0.25, 0.3) is 0 Å². The Hall–Kier alpha value is -1.85. The lowest BCUT2D eigenvalue weighted by Gasteiger charge is -2.31. The molecule has 0 aliphatic heterocycles. The van der Waals surface area contributed by atoms with E-state index in [1.54, 1.807) is 0 Å². The Balaban J connectivity index is 2.77. The van der Waals surface area contributed by atoms with Crippen LogP contribution in [0.3, 0.4) is 0 Å². The normalized spacial score (nSPS) is 28.8. The van der Waals surface area contributed by atoms with E-state index in [0.29, 0.717) is 18.8 Å². The zero-order chi connectivity index (χ0) is 16.0. The molecule has 21 heavy (non-hydrogen) atoms. The molecule has 4 N–H and O–H groups in total. The molecule has 118 valence electrons. The first kappa shape index (κ1) is 17.2. The fourth-order valence-corrected chi connectivity index (χ4v) is 2.45. The monoisotopic (exact) mass is 296 g/mol. The van der Waals surface area contributed by atoms with Crippen LogP contribution in [0, 0.1) is 11.3 Å². The summed E-state index contributed by atoms with van der Waals surface area (Å²) in [5, 5.41) is 11.3. The van der Waals surface area contributed by atoms with E-state index < -0.39 is 29.8 Å². The van der Waals surface area contributed by atoms with Gasteiger partial charge in [0.15, 0.2) is 0 Å². The number of carbonyl (C=O) groups is 3. The highest BCUT2D eigenvalue weighted by Crippen LogP contribution is 2.33. The van der Waals surface area contributed by atoms with E-state index in [1.165, 1.54) is 0 Å². The van der Waals surface area contributed by atoms with E-state index in [9.17, 15) is 14.4 Å². The van der Waals surface area contributed by atoms with Crippen LogP contribution in [0.25, 0.3) is 0 Å². The first-order valence-electron chi connectivity index (χ1n) is 7.23. The second kappa shape index (κ2) is 7.24. The molecule has 0 aromatic carbocycles. The standard InChI is InChI=1S/C15H24N2O4/c1-10-5-3-4-7-15(2,8-6-10)14(21)17-11(13(16)20)9-12(18)19/h3,5,10-11H,4,6-9H2,1-2H3,(H2,16,20)(H,17,21)(H,18,19)/b5-3+. The highest BCUT2D eigenvalue weighted by Gasteiger charge is 2.35. The fraction of sp³-hybridized carbons (Fsp3) is 0.667. The summed E-state index contributed by atoms with van der Waals surface area (Å²) in [5.41, 5.74) is 4.55. The van der Waals surface area contributed by atoms with Crippen LogP contribution >= 0.6 is 0 Å². The molecule has 0 aromatic heterocycles. The summed E-state index contributed by atoms with van der Waals surface area (Å²) in [7, 11) is 0. The second-order valence-electron chi connectivity index (χ2n) is 6.07. The summed E-state index contributed by atoms with van der Waals surface area (Å²) in [6, 6.07) is -1.16. The molecule has 6 nitrogen and oxygen atoms in total. The van der Waals surface area contributed by atoms with Gasteiger partial charge in [-0.1, -0.05) is 26.0 Å². The Morgan fingerprint density at radius 2 is 2.10 bits per heavy atom. The van der Waals surface area contributed by atoms with Crippen molar-refractivity contribution in [1.82, 2.24) is 5.32 Å². The smallest absolute Gasteiger partial charge is 0.305 e. The molecule has 0 aromatic rings. The van der Waals surface area contributed by atoms with E-state index >= 15 is 0 Å². The maximum atomic E-state index is 12.5. The van der Waals surface area contributed by atoms with E-state index in [4.69, 9.17) is 10.8 Å². The van der Waals surface area contributed by atoms with Crippen LogP contribution in [0.5, 0.6) is 0 Å². The second-order valence-corrected chi connectivity index (χ2v) is 6.07. The molecule has 1 aliphatic rings. The number of carbonyl (C=O) groups excluding carboxylic acids is 2. The van der Waals surface area contributed by atoms with Gasteiger partial charge < -0.3 is 16.2 Å². The number of primary amides is 1. The van der Waals surface area contributed by atoms with Crippen molar-refractivity contribution in [3.05, 3.63) is 12.2 Å². The summed E-state index contributed by atoms with van der Waals surface area (Å²) < 4.78 is 0. The van der Waals surface area contributed by atoms with Gasteiger partial charge >= 0.3 is 5.97 Å². The van der Waals surface area contributed by atoms with Gasteiger partial charge in [0.1, 0.15) is 6.04 Å². The molecular weight excluding hydrogens is 272 g/mol. The van der Waals surface area contributed by atoms with Crippen molar-refractivity contribution < 1.29 is 19.5 Å². The summed E-state index contributed by atoms with van der Waals surface area (Å²) in [4.78, 5) is 34.4. The Kier molecular flexibility index (Phi) is 5.93. The number of aliphatic carboxylic acids is 1. The average molecular weight is 296 g/mol. The quantitative estimate of drug-likeness (QED) is 0.662. The van der Waals surface area contributed by atoms with Crippen LogP contribution in [0.15, 0.2) is 12.2 Å². The number of hydrogen-bond acceptors (Lipinski definition) is 3. The highest BCUT2D eigenvalue weighted by atomic mass is 16.4. The Labute approximate surface area is 124 Å². The van der Waals surface area contributed by atoms with E-state index in [0.717, 1.165) is 12.8 Å². The van der Waals surface area contributed by atoms with Gasteiger partial charge in [-0.25, -0.2) is 0 Å². The molecule has 1 aliphatic carbocycles.